The van der Waals surface area contributed by atoms with Gasteiger partial charge in [-0.15, -0.1) is 0 Å². The zero-order chi connectivity index (χ0) is 13.0. The van der Waals surface area contributed by atoms with Gasteiger partial charge in [0.15, 0.2) is 0 Å². The first-order valence-corrected chi connectivity index (χ1v) is 6.19. The maximum atomic E-state index is 11.7. The van der Waals surface area contributed by atoms with Crippen LogP contribution in [0, 0.1) is 5.92 Å². The standard InChI is InChI=1S/C12H17N3O3/c16-10-4-2-1-3-8(10)7-13-12(18)9-5-6-11(17)15-14-9/h5-6,8,10,16H,1-4,7H2,(H,13,18)(H,15,17). The number of hydrogen-bond acceptors (Lipinski definition) is 4. The van der Waals surface area contributed by atoms with Crippen molar-refractivity contribution in [3.63, 3.8) is 0 Å². The number of amides is 1. The molecule has 1 heterocycles. The van der Waals surface area contributed by atoms with E-state index in [1.54, 1.807) is 0 Å². The fourth-order valence-corrected chi connectivity index (χ4v) is 2.21. The van der Waals surface area contributed by atoms with Gasteiger partial charge in [-0.3, -0.25) is 9.59 Å². The van der Waals surface area contributed by atoms with Crippen molar-refractivity contribution in [3.8, 4) is 0 Å². The number of aliphatic hydroxyl groups is 1. The number of aliphatic hydroxyl groups excluding tert-OH is 1. The monoisotopic (exact) mass is 251 g/mol. The van der Waals surface area contributed by atoms with E-state index in [2.05, 4.69) is 15.5 Å². The summed E-state index contributed by atoms with van der Waals surface area (Å²) in [5.74, 6) is -0.213. The quantitative estimate of drug-likeness (QED) is 0.707. The molecule has 1 aromatic rings. The molecule has 1 aliphatic carbocycles. The van der Waals surface area contributed by atoms with E-state index in [1.165, 1.54) is 12.1 Å². The molecule has 1 saturated carbocycles. The largest absolute Gasteiger partial charge is 0.393 e. The van der Waals surface area contributed by atoms with Gasteiger partial charge >= 0.3 is 0 Å². The van der Waals surface area contributed by atoms with Gasteiger partial charge in [-0.05, 0) is 18.9 Å². The van der Waals surface area contributed by atoms with E-state index in [4.69, 9.17) is 0 Å². The second kappa shape index (κ2) is 5.77. The van der Waals surface area contributed by atoms with E-state index in [-0.39, 0.29) is 29.2 Å². The molecule has 0 radical (unpaired) electrons. The first-order valence-electron chi connectivity index (χ1n) is 6.19. The third kappa shape index (κ3) is 3.16. The summed E-state index contributed by atoms with van der Waals surface area (Å²) < 4.78 is 0. The van der Waals surface area contributed by atoms with Crippen LogP contribution in [0.15, 0.2) is 16.9 Å². The smallest absolute Gasteiger partial charge is 0.271 e. The minimum absolute atomic E-state index is 0.116. The summed E-state index contributed by atoms with van der Waals surface area (Å²) in [6.45, 7) is 0.445. The van der Waals surface area contributed by atoms with Crippen molar-refractivity contribution in [1.82, 2.24) is 15.5 Å². The van der Waals surface area contributed by atoms with Crippen molar-refractivity contribution in [1.29, 1.82) is 0 Å². The maximum Gasteiger partial charge on any atom is 0.271 e. The van der Waals surface area contributed by atoms with Crippen molar-refractivity contribution in [2.45, 2.75) is 31.8 Å². The number of H-pyrrole nitrogens is 1. The number of aromatic amines is 1. The minimum atomic E-state index is -0.339. The van der Waals surface area contributed by atoms with Crippen molar-refractivity contribution < 1.29 is 9.90 Å². The van der Waals surface area contributed by atoms with E-state index >= 15 is 0 Å². The highest BCUT2D eigenvalue weighted by molar-refractivity contribution is 5.91. The molecule has 1 aromatic heterocycles. The molecule has 2 atom stereocenters. The Hall–Kier alpha value is -1.69. The molecule has 1 amide bonds. The number of nitrogens with one attached hydrogen (secondary N) is 2. The number of carbonyl (C=O) groups excluding carboxylic acids is 1. The van der Waals surface area contributed by atoms with Gasteiger partial charge in [-0.1, -0.05) is 12.8 Å². The van der Waals surface area contributed by atoms with Gasteiger partial charge in [0.1, 0.15) is 5.69 Å². The Bertz CT molecular complexity index is 451. The Kier molecular flexibility index (Phi) is 4.09. The molecule has 0 aliphatic heterocycles. The number of carbonyl (C=O) groups is 1. The third-order valence-electron chi connectivity index (χ3n) is 3.31. The fourth-order valence-electron chi connectivity index (χ4n) is 2.21. The van der Waals surface area contributed by atoms with Crippen LogP contribution < -0.4 is 10.9 Å². The molecule has 2 rings (SSSR count). The Balaban J connectivity index is 1.87. The molecule has 0 saturated heterocycles. The lowest BCUT2D eigenvalue weighted by molar-refractivity contribution is 0.0661. The molecule has 2 unspecified atom stereocenters. The molecule has 0 spiro atoms. The lowest BCUT2D eigenvalue weighted by Gasteiger charge is -2.27. The van der Waals surface area contributed by atoms with Crippen LogP contribution in [-0.2, 0) is 0 Å². The topological polar surface area (TPSA) is 95.1 Å². The lowest BCUT2D eigenvalue weighted by atomic mass is 9.86. The van der Waals surface area contributed by atoms with Gasteiger partial charge in [0.2, 0.25) is 0 Å². The average Bonchev–Trinajstić information content (AvgIpc) is 2.38. The summed E-state index contributed by atoms with van der Waals surface area (Å²) in [4.78, 5) is 22.5. The minimum Gasteiger partial charge on any atom is -0.393 e. The lowest BCUT2D eigenvalue weighted by Crippen LogP contribution is -2.37. The predicted octanol–water partition coefficient (Wildman–Crippen LogP) is 0.0508. The molecular weight excluding hydrogens is 234 g/mol. The number of aromatic nitrogens is 2. The van der Waals surface area contributed by atoms with Crippen LogP contribution in [-0.4, -0.2) is 33.9 Å². The van der Waals surface area contributed by atoms with Crippen LogP contribution in [0.3, 0.4) is 0 Å². The Morgan fingerprint density at radius 1 is 1.44 bits per heavy atom. The van der Waals surface area contributed by atoms with Crippen molar-refractivity contribution in [3.05, 3.63) is 28.2 Å². The van der Waals surface area contributed by atoms with E-state index in [1.807, 2.05) is 0 Å². The van der Waals surface area contributed by atoms with Crippen LogP contribution in [0.2, 0.25) is 0 Å². The number of hydrogen-bond donors (Lipinski definition) is 3. The average molecular weight is 251 g/mol. The van der Waals surface area contributed by atoms with Crippen LogP contribution in [0.5, 0.6) is 0 Å². The van der Waals surface area contributed by atoms with E-state index in [0.29, 0.717) is 6.54 Å². The molecule has 18 heavy (non-hydrogen) atoms. The summed E-state index contributed by atoms with van der Waals surface area (Å²) in [5, 5.41) is 18.4. The maximum absolute atomic E-state index is 11.7. The summed E-state index contributed by atoms with van der Waals surface area (Å²) in [5.41, 5.74) is -0.158. The van der Waals surface area contributed by atoms with Crippen molar-refractivity contribution in [2.24, 2.45) is 5.92 Å². The SMILES string of the molecule is O=C(NCC1CCCCC1O)c1ccc(=O)[nH]n1. The third-order valence-corrected chi connectivity index (χ3v) is 3.31. The van der Waals surface area contributed by atoms with Gasteiger partial charge in [0.25, 0.3) is 11.5 Å². The first kappa shape index (κ1) is 12.8. The summed E-state index contributed by atoms with van der Waals surface area (Å²) in [7, 11) is 0. The molecule has 6 heteroatoms. The molecule has 0 bridgehead atoms. The summed E-state index contributed by atoms with van der Waals surface area (Å²) in [6, 6.07) is 2.64. The fraction of sp³-hybridized carbons (Fsp3) is 0.583. The highest BCUT2D eigenvalue weighted by Crippen LogP contribution is 2.23. The van der Waals surface area contributed by atoms with Gasteiger partial charge in [-0.2, -0.15) is 5.10 Å². The van der Waals surface area contributed by atoms with E-state index in [0.717, 1.165) is 25.7 Å². The molecule has 98 valence electrons. The first-order chi connectivity index (χ1) is 8.66. The number of rotatable bonds is 3. The molecule has 6 nitrogen and oxygen atoms in total. The van der Waals surface area contributed by atoms with Crippen LogP contribution in [0.1, 0.15) is 36.2 Å². The summed E-state index contributed by atoms with van der Waals surface area (Å²) in [6.07, 6.45) is 3.54. The summed E-state index contributed by atoms with van der Waals surface area (Å²) >= 11 is 0. The zero-order valence-corrected chi connectivity index (χ0v) is 10.1. The number of nitrogens with zero attached hydrogens (tertiary/aromatic N) is 1. The normalized spacial score (nSPS) is 23.6. The Labute approximate surface area is 104 Å². The highest BCUT2D eigenvalue weighted by atomic mass is 16.3. The van der Waals surface area contributed by atoms with Gasteiger partial charge in [-0.25, -0.2) is 5.10 Å². The molecular formula is C12H17N3O3. The van der Waals surface area contributed by atoms with E-state index in [9.17, 15) is 14.7 Å². The van der Waals surface area contributed by atoms with E-state index < -0.39 is 0 Å². The Morgan fingerprint density at radius 2 is 2.22 bits per heavy atom. The van der Waals surface area contributed by atoms with Crippen LogP contribution in [0.4, 0.5) is 0 Å². The second-order valence-corrected chi connectivity index (χ2v) is 4.63. The van der Waals surface area contributed by atoms with Gasteiger partial charge in [0.05, 0.1) is 6.10 Å². The molecule has 3 N–H and O–H groups in total. The van der Waals surface area contributed by atoms with Crippen molar-refractivity contribution >= 4 is 5.91 Å². The van der Waals surface area contributed by atoms with Crippen LogP contribution in [0.25, 0.3) is 0 Å². The molecule has 1 fully saturated rings. The highest BCUT2D eigenvalue weighted by Gasteiger charge is 2.23. The Morgan fingerprint density at radius 3 is 2.89 bits per heavy atom. The van der Waals surface area contributed by atoms with Gasteiger partial charge < -0.3 is 10.4 Å². The molecule has 0 aromatic carbocycles. The second-order valence-electron chi connectivity index (χ2n) is 4.63. The predicted molar refractivity (Wildman–Crippen MR) is 65.2 cm³/mol. The zero-order valence-electron chi connectivity index (χ0n) is 10.1. The van der Waals surface area contributed by atoms with Crippen LogP contribution >= 0.6 is 0 Å². The van der Waals surface area contributed by atoms with Crippen molar-refractivity contribution in [2.75, 3.05) is 6.54 Å². The molecule has 1 aliphatic rings. The van der Waals surface area contributed by atoms with Gasteiger partial charge in [0, 0.05) is 18.5 Å².